The van der Waals surface area contributed by atoms with Gasteiger partial charge in [0.05, 0.1) is 6.04 Å². The lowest BCUT2D eigenvalue weighted by Crippen LogP contribution is -2.41. The van der Waals surface area contributed by atoms with E-state index in [1.807, 2.05) is 35.2 Å². The lowest BCUT2D eigenvalue weighted by atomic mass is 10.0. The maximum absolute atomic E-state index is 12.3. The Kier molecular flexibility index (Phi) is 3.66. The van der Waals surface area contributed by atoms with E-state index in [1.54, 1.807) is 5.06 Å². The van der Waals surface area contributed by atoms with Crippen molar-refractivity contribution in [2.24, 2.45) is 0 Å². The van der Waals surface area contributed by atoms with Gasteiger partial charge in [-0.1, -0.05) is 30.3 Å². The SMILES string of the molecule is O=C1N2CC(CCC2CS)N1OCc1ccccc1. The largest absolute Gasteiger partial charge is 0.344 e. The second-order valence-electron chi connectivity index (χ2n) is 5.09. The molecule has 0 aliphatic carbocycles. The minimum Gasteiger partial charge on any atom is -0.317 e. The highest BCUT2D eigenvalue weighted by molar-refractivity contribution is 7.80. The lowest BCUT2D eigenvalue weighted by Gasteiger charge is -2.28. The third kappa shape index (κ3) is 2.44. The monoisotopic (exact) mass is 278 g/mol. The van der Waals surface area contributed by atoms with Gasteiger partial charge in [0.2, 0.25) is 0 Å². The summed E-state index contributed by atoms with van der Waals surface area (Å²) in [5, 5.41) is 1.57. The van der Waals surface area contributed by atoms with Crippen LogP contribution >= 0.6 is 12.6 Å². The summed E-state index contributed by atoms with van der Waals surface area (Å²) in [4.78, 5) is 19.9. The Morgan fingerprint density at radius 3 is 2.79 bits per heavy atom. The van der Waals surface area contributed by atoms with Crippen LogP contribution in [0, 0.1) is 0 Å². The maximum Gasteiger partial charge on any atom is 0.344 e. The number of carbonyl (C=O) groups excluding carboxylic acids is 1. The van der Waals surface area contributed by atoms with Crippen LogP contribution in [0.3, 0.4) is 0 Å². The van der Waals surface area contributed by atoms with Gasteiger partial charge in [0, 0.05) is 18.3 Å². The highest BCUT2D eigenvalue weighted by atomic mass is 32.1. The standard InChI is InChI=1S/C14H18N2O2S/c17-14-15-8-12(6-7-13(15)10-19)16(14)18-9-11-4-2-1-3-5-11/h1-5,12-13,19H,6-10H2. The Labute approximate surface area is 118 Å². The van der Waals surface area contributed by atoms with Gasteiger partial charge in [0.1, 0.15) is 6.61 Å². The normalized spacial score (nSPS) is 26.1. The molecule has 1 aromatic carbocycles. The first-order chi connectivity index (χ1) is 9.29. The molecule has 102 valence electrons. The predicted molar refractivity (Wildman–Crippen MR) is 75.8 cm³/mol. The Hall–Kier alpha value is -1.20. The number of nitrogens with zero attached hydrogens (tertiary/aromatic N) is 2. The Morgan fingerprint density at radius 1 is 1.26 bits per heavy atom. The van der Waals surface area contributed by atoms with E-state index in [-0.39, 0.29) is 18.1 Å². The molecule has 2 atom stereocenters. The number of rotatable bonds is 4. The molecular formula is C14H18N2O2S. The van der Waals surface area contributed by atoms with Crippen molar-refractivity contribution < 1.29 is 9.63 Å². The van der Waals surface area contributed by atoms with Crippen LogP contribution < -0.4 is 0 Å². The van der Waals surface area contributed by atoms with Crippen LogP contribution in [0.1, 0.15) is 18.4 Å². The number of urea groups is 1. The van der Waals surface area contributed by atoms with Crippen LogP contribution in [0.15, 0.2) is 30.3 Å². The van der Waals surface area contributed by atoms with Crippen LogP contribution in [0.2, 0.25) is 0 Å². The number of amides is 2. The first-order valence-corrected chi connectivity index (χ1v) is 7.30. The summed E-state index contributed by atoms with van der Waals surface area (Å²) in [5.41, 5.74) is 1.08. The number of hydrogen-bond acceptors (Lipinski definition) is 3. The quantitative estimate of drug-likeness (QED) is 0.857. The maximum atomic E-state index is 12.3. The summed E-state index contributed by atoms with van der Waals surface area (Å²) >= 11 is 4.32. The zero-order chi connectivity index (χ0) is 13.2. The summed E-state index contributed by atoms with van der Waals surface area (Å²) in [6.45, 7) is 1.22. The van der Waals surface area contributed by atoms with Crippen LogP contribution in [-0.4, -0.2) is 40.4 Å². The van der Waals surface area contributed by atoms with Crippen LogP contribution in [0.4, 0.5) is 4.79 Å². The fraction of sp³-hybridized carbons (Fsp3) is 0.500. The van der Waals surface area contributed by atoms with E-state index < -0.39 is 0 Å². The van der Waals surface area contributed by atoms with Gasteiger partial charge in [-0.3, -0.25) is 4.84 Å². The van der Waals surface area contributed by atoms with Crippen molar-refractivity contribution in [3.8, 4) is 0 Å². The molecule has 0 spiro atoms. The third-order valence-corrected chi connectivity index (χ3v) is 4.29. The number of carbonyl (C=O) groups is 1. The Balaban J connectivity index is 1.64. The van der Waals surface area contributed by atoms with E-state index in [9.17, 15) is 4.79 Å². The van der Waals surface area contributed by atoms with Crippen LogP contribution in [0.25, 0.3) is 0 Å². The van der Waals surface area contributed by atoms with Crippen LogP contribution in [-0.2, 0) is 11.4 Å². The molecule has 5 heteroatoms. The summed E-state index contributed by atoms with van der Waals surface area (Å²) in [6.07, 6.45) is 2.02. The van der Waals surface area contributed by atoms with Crippen molar-refractivity contribution in [3.05, 3.63) is 35.9 Å². The fourth-order valence-corrected chi connectivity index (χ4v) is 3.16. The number of thiol groups is 1. The number of benzene rings is 1. The molecule has 3 rings (SSSR count). The molecule has 0 N–H and O–H groups in total. The van der Waals surface area contributed by atoms with Crippen molar-refractivity contribution in [1.29, 1.82) is 0 Å². The average molecular weight is 278 g/mol. The van der Waals surface area contributed by atoms with E-state index in [0.29, 0.717) is 6.61 Å². The molecule has 0 saturated carbocycles. The molecule has 2 aliphatic heterocycles. The second-order valence-corrected chi connectivity index (χ2v) is 5.45. The zero-order valence-corrected chi connectivity index (χ0v) is 11.6. The van der Waals surface area contributed by atoms with Gasteiger partial charge in [-0.2, -0.15) is 17.7 Å². The summed E-state index contributed by atoms with van der Waals surface area (Å²) in [7, 11) is 0. The molecule has 19 heavy (non-hydrogen) atoms. The van der Waals surface area contributed by atoms with Gasteiger partial charge in [0.25, 0.3) is 0 Å². The topological polar surface area (TPSA) is 32.8 Å². The summed E-state index contributed by atoms with van der Waals surface area (Å²) in [5.74, 6) is 0.727. The summed E-state index contributed by atoms with van der Waals surface area (Å²) < 4.78 is 0. The minimum atomic E-state index is -0.00233. The van der Waals surface area contributed by atoms with Crippen LogP contribution in [0.5, 0.6) is 0 Å². The number of hydrogen-bond donors (Lipinski definition) is 1. The van der Waals surface area contributed by atoms with Crippen molar-refractivity contribution in [2.45, 2.75) is 31.5 Å². The molecule has 0 radical (unpaired) electrons. The van der Waals surface area contributed by atoms with E-state index in [4.69, 9.17) is 4.84 Å². The predicted octanol–water partition coefficient (Wildman–Crippen LogP) is 2.32. The van der Waals surface area contributed by atoms with Gasteiger partial charge >= 0.3 is 6.03 Å². The fourth-order valence-electron chi connectivity index (χ4n) is 2.79. The van der Waals surface area contributed by atoms with Gasteiger partial charge in [-0.25, -0.2) is 4.79 Å². The van der Waals surface area contributed by atoms with E-state index in [2.05, 4.69) is 12.6 Å². The van der Waals surface area contributed by atoms with E-state index in [1.165, 1.54) is 0 Å². The highest BCUT2D eigenvalue weighted by Gasteiger charge is 2.44. The molecule has 0 aromatic heterocycles. The minimum absolute atomic E-state index is 0.00233. The molecule has 2 heterocycles. The first-order valence-electron chi connectivity index (χ1n) is 6.67. The molecule has 2 amide bonds. The molecule has 1 aromatic rings. The van der Waals surface area contributed by atoms with Crippen molar-refractivity contribution >= 4 is 18.7 Å². The highest BCUT2D eigenvalue weighted by Crippen LogP contribution is 2.30. The number of piperidine rings is 1. The Bertz CT molecular complexity index is 454. The van der Waals surface area contributed by atoms with Gasteiger partial charge in [-0.15, -0.1) is 0 Å². The van der Waals surface area contributed by atoms with Gasteiger partial charge < -0.3 is 4.90 Å². The molecule has 2 aliphatic rings. The van der Waals surface area contributed by atoms with Gasteiger partial charge in [-0.05, 0) is 18.4 Å². The Morgan fingerprint density at radius 2 is 2.05 bits per heavy atom. The first kappa shape index (κ1) is 12.8. The molecule has 2 bridgehead atoms. The molecular weight excluding hydrogens is 260 g/mol. The molecule has 2 saturated heterocycles. The summed E-state index contributed by atoms with van der Waals surface area (Å²) in [6, 6.07) is 10.4. The van der Waals surface area contributed by atoms with E-state index >= 15 is 0 Å². The molecule has 4 nitrogen and oxygen atoms in total. The average Bonchev–Trinajstić information content (AvgIpc) is 2.71. The number of hydroxylamine groups is 2. The zero-order valence-electron chi connectivity index (χ0n) is 10.7. The molecule has 2 fully saturated rings. The number of fused-ring (bicyclic) bond motifs is 2. The molecule has 2 unspecified atom stereocenters. The van der Waals surface area contributed by atoms with E-state index in [0.717, 1.165) is 30.7 Å². The van der Waals surface area contributed by atoms with Gasteiger partial charge in [0.15, 0.2) is 0 Å². The van der Waals surface area contributed by atoms with Crippen molar-refractivity contribution in [1.82, 2.24) is 9.96 Å². The third-order valence-electron chi connectivity index (χ3n) is 3.87. The second kappa shape index (κ2) is 5.43. The van der Waals surface area contributed by atoms with Crippen molar-refractivity contribution in [2.75, 3.05) is 12.3 Å². The smallest absolute Gasteiger partial charge is 0.317 e. The van der Waals surface area contributed by atoms with Crippen molar-refractivity contribution in [3.63, 3.8) is 0 Å². The lowest BCUT2D eigenvalue weighted by molar-refractivity contribution is -0.140.